The Bertz CT molecular complexity index is 2120. The first-order chi connectivity index (χ1) is 24.8. The molecule has 0 aliphatic heterocycles. The molecule has 24 fully saturated rings. The first-order valence-corrected chi connectivity index (χ1v) is 24.8. The summed E-state index contributed by atoms with van der Waals surface area (Å²) in [4.78, 5) is 0. The predicted octanol–water partition coefficient (Wildman–Crippen LogP) is 9.38. The summed E-state index contributed by atoms with van der Waals surface area (Å²) in [5.74, 6) is 20.5. The summed E-state index contributed by atoms with van der Waals surface area (Å²) in [6.07, 6.45) is 32.8. The van der Waals surface area contributed by atoms with E-state index in [1.54, 1.807) is 103 Å². The van der Waals surface area contributed by atoms with Gasteiger partial charge >= 0.3 is 0 Å². The maximum atomic E-state index is 1.84. The Hall–Kier alpha value is 0. The van der Waals surface area contributed by atoms with Gasteiger partial charge < -0.3 is 0 Å². The third-order valence-electron chi connectivity index (χ3n) is 33.5. The van der Waals surface area contributed by atoms with Crippen molar-refractivity contribution in [3.8, 4) is 0 Å². The van der Waals surface area contributed by atoms with Crippen LogP contribution >= 0.6 is 0 Å². The van der Waals surface area contributed by atoms with Gasteiger partial charge in [0, 0.05) is 0 Å². The van der Waals surface area contributed by atoms with Crippen LogP contribution in [0.1, 0.15) is 122 Å². The largest absolute Gasteiger partial charge is 0.0530 e. The molecule has 24 aliphatic rings. The summed E-state index contributed by atoms with van der Waals surface area (Å²) in [7, 11) is 0. The lowest BCUT2D eigenvalue weighted by atomic mass is 8.46. The van der Waals surface area contributed by atoms with Crippen molar-refractivity contribution in [2.75, 3.05) is 0 Å². The zero-order chi connectivity index (χ0) is 30.2. The van der Waals surface area contributed by atoms with Crippen molar-refractivity contribution in [3.05, 3.63) is 0 Å². The fourth-order valence-corrected chi connectivity index (χ4v) is 39.8. The Balaban J connectivity index is 0.891. The molecule has 6 bridgehead atoms. The molecule has 0 aromatic rings. The minimum Gasteiger partial charge on any atom is -0.0530 e. The van der Waals surface area contributed by atoms with Crippen LogP contribution < -0.4 is 0 Å². The molecular formula is C50H54. The van der Waals surface area contributed by atoms with E-state index in [9.17, 15) is 0 Å². The van der Waals surface area contributed by atoms with Gasteiger partial charge in [0.25, 0.3) is 0 Å². The normalized spacial score (nSPS) is 101. The fourth-order valence-electron chi connectivity index (χ4n) is 39.8. The number of fused-ring (bicyclic) bond motifs is 21. The third kappa shape index (κ3) is 0.787. The molecule has 24 saturated carbocycles. The Kier molecular flexibility index (Phi) is 2.06. The smallest absolute Gasteiger partial charge is 0.000752 e. The minimum absolute atomic E-state index is 0.896. The van der Waals surface area contributed by atoms with E-state index < -0.39 is 0 Å². The van der Waals surface area contributed by atoms with Gasteiger partial charge in [0.2, 0.25) is 0 Å². The van der Waals surface area contributed by atoms with E-state index in [0.29, 0.717) is 0 Å². The fraction of sp³-hybridized carbons (Fsp3) is 1.00. The second-order valence-corrected chi connectivity index (χ2v) is 27.7. The average Bonchev–Trinajstić information content (AvgIpc) is 3.04. The van der Waals surface area contributed by atoms with Crippen molar-refractivity contribution in [3.63, 3.8) is 0 Å². The van der Waals surface area contributed by atoms with Crippen molar-refractivity contribution < 1.29 is 0 Å². The Morgan fingerprint density at radius 1 is 0.320 bits per heavy atom. The van der Waals surface area contributed by atoms with Gasteiger partial charge in [-0.3, -0.25) is 0 Å². The maximum absolute atomic E-state index is 1.84. The van der Waals surface area contributed by atoms with E-state index in [4.69, 9.17) is 0 Å². The van der Waals surface area contributed by atoms with E-state index in [1.165, 1.54) is 76.9 Å². The van der Waals surface area contributed by atoms with Crippen LogP contribution in [-0.2, 0) is 0 Å². The van der Waals surface area contributed by atoms with E-state index in [1.807, 2.05) is 19.3 Å². The van der Waals surface area contributed by atoms with Gasteiger partial charge in [-0.2, -0.15) is 0 Å². The van der Waals surface area contributed by atoms with Crippen molar-refractivity contribution in [2.24, 2.45) is 176 Å². The van der Waals surface area contributed by atoms with Crippen molar-refractivity contribution in [2.45, 2.75) is 122 Å². The molecule has 24 aliphatic carbocycles. The zero-order valence-electron chi connectivity index (χ0n) is 30.2. The summed E-state index contributed by atoms with van der Waals surface area (Å²) in [6, 6.07) is 0. The summed E-state index contributed by atoms with van der Waals surface area (Å²) < 4.78 is 0. The molecule has 254 valence electrons. The van der Waals surface area contributed by atoms with Crippen LogP contribution in [0.2, 0.25) is 0 Å². The molecule has 0 aromatic carbocycles. The Morgan fingerprint density at radius 3 is 1.42 bits per heavy atom. The van der Waals surface area contributed by atoms with Crippen LogP contribution in [0.25, 0.3) is 0 Å². The topological polar surface area (TPSA) is 0 Å². The summed E-state index contributed by atoms with van der Waals surface area (Å²) >= 11 is 0. The lowest BCUT2D eigenvalue weighted by Crippen LogP contribution is -3.55. The SMILES string of the molecule is C1CCC2C3C4C5C6CC7C8C9CC%10C%11C%12C%13C%14CCCCC%15CCCC%14%16C%14%17CCCC%15C(C1)CCCC2%14C31C42C53C76C84C9%10C%115C%126C%13%16C%171C26C435. The predicted molar refractivity (Wildman–Crippen MR) is 180 cm³/mol. The highest BCUT2D eigenvalue weighted by molar-refractivity contribution is 6.01. The highest BCUT2D eigenvalue weighted by Crippen LogP contribution is 3.58. The first-order valence-electron chi connectivity index (χ1n) is 24.8. The monoisotopic (exact) mass is 654 g/mol. The van der Waals surface area contributed by atoms with Crippen LogP contribution in [0.15, 0.2) is 0 Å². The van der Waals surface area contributed by atoms with Crippen LogP contribution in [0.3, 0.4) is 0 Å². The summed E-state index contributed by atoms with van der Waals surface area (Å²) in [6.45, 7) is 0. The number of hydrogen-bond donors (Lipinski definition) is 0. The van der Waals surface area contributed by atoms with Gasteiger partial charge in [-0.05, 0) is 227 Å². The van der Waals surface area contributed by atoms with E-state index in [2.05, 4.69) is 0 Å². The quantitative estimate of drug-likeness (QED) is 0.244. The van der Waals surface area contributed by atoms with Crippen LogP contribution in [0, 0.1) is 176 Å². The Morgan fingerprint density at radius 2 is 0.820 bits per heavy atom. The van der Waals surface area contributed by atoms with Crippen molar-refractivity contribution in [1.82, 2.24) is 0 Å². The molecule has 0 heterocycles. The molecule has 50 heavy (non-hydrogen) atoms. The summed E-state index contributed by atoms with van der Waals surface area (Å²) in [5.41, 5.74) is 15.2. The second-order valence-electron chi connectivity index (χ2n) is 27.7. The molecule has 24 unspecified atom stereocenters. The molecule has 0 aromatic heterocycles. The van der Waals surface area contributed by atoms with Crippen LogP contribution in [-0.4, -0.2) is 0 Å². The standard InChI is InChI=1S/C50H54/c1-3-13-23-30-34-32-27-18-25-29-26-19-28-33-35-31-24-14-4-2-9-21-11-6-16-37(24)38-17-7-12-22(21)20(8-1)10-5-15-36(23,38)41(30)46(34)44(32)39(25,27)43(29)40(26,28)45(33)47(35)42(31,37)48(38,41)50(46,47)49(43,44)45/h20-35H,1-19H2. The molecule has 0 N–H and O–H groups in total. The van der Waals surface area contributed by atoms with Gasteiger partial charge in [-0.15, -0.1) is 0 Å². The number of hydrogen-bond acceptors (Lipinski definition) is 0. The first kappa shape index (κ1) is 22.5. The highest BCUT2D eigenvalue weighted by atomic mass is 15.6. The van der Waals surface area contributed by atoms with Gasteiger partial charge in [-0.1, -0.05) is 70.6 Å². The molecule has 0 radical (unpaired) electrons. The van der Waals surface area contributed by atoms with Crippen LogP contribution in [0.4, 0.5) is 0 Å². The molecule has 24 rings (SSSR count). The van der Waals surface area contributed by atoms with Gasteiger partial charge in [0.1, 0.15) is 0 Å². The van der Waals surface area contributed by atoms with Crippen LogP contribution in [0.5, 0.6) is 0 Å². The van der Waals surface area contributed by atoms with E-state index >= 15 is 0 Å². The molecule has 0 nitrogen and oxygen atoms in total. The van der Waals surface area contributed by atoms with Gasteiger partial charge in [0.05, 0.1) is 0 Å². The minimum atomic E-state index is 0.896. The molecule has 0 heteroatoms. The van der Waals surface area contributed by atoms with Gasteiger partial charge in [-0.25, -0.2) is 0 Å². The highest BCUT2D eigenvalue weighted by Gasteiger charge is 3.57. The lowest BCUT2D eigenvalue weighted by Gasteiger charge is -3.56. The molecule has 0 amide bonds. The lowest BCUT2D eigenvalue weighted by molar-refractivity contribution is -1.12. The molecule has 24 atom stereocenters. The van der Waals surface area contributed by atoms with E-state index in [0.717, 1.165) is 99.0 Å². The van der Waals surface area contributed by atoms with Crippen molar-refractivity contribution >= 4 is 0 Å². The van der Waals surface area contributed by atoms with Gasteiger partial charge in [0.15, 0.2) is 0 Å². The summed E-state index contributed by atoms with van der Waals surface area (Å²) in [5, 5.41) is 0. The average molecular weight is 655 g/mol. The number of rotatable bonds is 0. The maximum Gasteiger partial charge on any atom is -0.000752 e. The zero-order valence-corrected chi connectivity index (χ0v) is 30.2. The van der Waals surface area contributed by atoms with Crippen molar-refractivity contribution in [1.29, 1.82) is 0 Å². The molecular weight excluding hydrogens is 601 g/mol. The Labute approximate surface area is 296 Å². The van der Waals surface area contributed by atoms with E-state index in [-0.39, 0.29) is 0 Å². The molecule has 0 saturated heterocycles. The third-order valence-corrected chi connectivity index (χ3v) is 33.5. The second kappa shape index (κ2) is 4.58. The molecule has 15 spiro atoms.